The van der Waals surface area contributed by atoms with E-state index in [-0.39, 0.29) is 18.9 Å². The normalized spacial score (nSPS) is 19.8. The van der Waals surface area contributed by atoms with Crippen molar-refractivity contribution in [3.8, 4) is 0 Å². The molecule has 4 rings (SSSR count). The number of benzene rings is 2. The van der Waals surface area contributed by atoms with Gasteiger partial charge in [0.15, 0.2) is 6.61 Å². The maximum Gasteiger partial charge on any atom is 0.338 e. The molecule has 1 saturated heterocycles. The van der Waals surface area contributed by atoms with Gasteiger partial charge in [0.25, 0.3) is 5.91 Å². The van der Waals surface area contributed by atoms with Gasteiger partial charge in [0, 0.05) is 24.5 Å². The Hall–Kier alpha value is -3.38. The Labute approximate surface area is 242 Å². The second-order valence-electron chi connectivity index (χ2n) is 10.6. The number of cyclic esters (lactones) is 1. The number of fused-ring (bicyclic) bond motifs is 1. The predicted octanol–water partition coefficient (Wildman–Crippen LogP) is 6.81. The van der Waals surface area contributed by atoms with Crippen molar-refractivity contribution in [3.63, 3.8) is 0 Å². The monoisotopic (exact) mass is 562 g/mol. The Morgan fingerprint density at radius 2 is 1.77 bits per heavy atom. The van der Waals surface area contributed by atoms with Crippen LogP contribution in [0, 0.1) is 19.8 Å². The first-order valence-corrected chi connectivity index (χ1v) is 14.6. The highest BCUT2D eigenvalue weighted by Crippen LogP contribution is 2.29. The molecule has 2 heterocycles. The number of aryl methyl sites for hydroxylation is 2. The molecule has 1 fully saturated rings. The molecule has 0 bridgehead atoms. The van der Waals surface area contributed by atoms with Crippen molar-refractivity contribution >= 4 is 29.2 Å². The lowest BCUT2D eigenvalue weighted by Crippen LogP contribution is -2.40. The van der Waals surface area contributed by atoms with E-state index in [4.69, 9.17) is 21.2 Å². The first-order chi connectivity index (χ1) is 19.4. The standard InChI is InChI=1S/C33H39ClN2O4/c1-24-20-25(2)32(34)29-22-28(14-10-5-3-4-6-11-19-39-33(38)31(24)29)35-40-23-30(37)36-17-15-27(16-18-36)21-26-12-8-7-9-13-26/h4,6-10,12-14,20,27H,3,5,11,15-19,21-23H2,1-2H3/b6-4+,14-10+,35-28-. The number of likely N-dealkylation sites (tertiary alicyclic amines) is 1. The summed E-state index contributed by atoms with van der Waals surface area (Å²) < 4.78 is 5.56. The summed E-state index contributed by atoms with van der Waals surface area (Å²) in [5, 5.41) is 4.85. The molecule has 0 atom stereocenters. The minimum Gasteiger partial charge on any atom is -0.462 e. The van der Waals surface area contributed by atoms with Crippen molar-refractivity contribution in [1.82, 2.24) is 4.90 Å². The number of esters is 1. The fourth-order valence-corrected chi connectivity index (χ4v) is 5.55. The molecule has 0 N–H and O–H groups in total. The molecule has 7 heteroatoms. The van der Waals surface area contributed by atoms with Crippen molar-refractivity contribution in [2.45, 2.75) is 58.8 Å². The van der Waals surface area contributed by atoms with Gasteiger partial charge in [-0.05, 0) is 86.6 Å². The molecular weight excluding hydrogens is 524 g/mol. The molecule has 0 spiro atoms. The van der Waals surface area contributed by atoms with Crippen LogP contribution in [-0.2, 0) is 27.2 Å². The van der Waals surface area contributed by atoms with E-state index in [1.54, 1.807) is 0 Å². The summed E-state index contributed by atoms with van der Waals surface area (Å²) in [6, 6.07) is 12.4. The quantitative estimate of drug-likeness (QED) is 0.228. The van der Waals surface area contributed by atoms with E-state index in [1.165, 1.54) is 5.56 Å². The first kappa shape index (κ1) is 29.6. The molecule has 6 nitrogen and oxygen atoms in total. The van der Waals surface area contributed by atoms with Gasteiger partial charge in [0.1, 0.15) is 0 Å². The van der Waals surface area contributed by atoms with Crippen LogP contribution in [0.15, 0.2) is 65.9 Å². The summed E-state index contributed by atoms with van der Waals surface area (Å²) in [6.45, 7) is 5.45. The second kappa shape index (κ2) is 14.8. The summed E-state index contributed by atoms with van der Waals surface area (Å²) in [7, 11) is 0. The van der Waals surface area contributed by atoms with Crippen LogP contribution in [0.2, 0.25) is 5.02 Å². The largest absolute Gasteiger partial charge is 0.462 e. The van der Waals surface area contributed by atoms with E-state index < -0.39 is 5.97 Å². The van der Waals surface area contributed by atoms with E-state index in [0.717, 1.165) is 56.3 Å². The highest BCUT2D eigenvalue weighted by molar-refractivity contribution is 6.33. The number of hydrogen-bond donors (Lipinski definition) is 0. The van der Waals surface area contributed by atoms with E-state index in [9.17, 15) is 9.59 Å². The molecule has 0 saturated carbocycles. The molecule has 0 aliphatic carbocycles. The summed E-state index contributed by atoms with van der Waals surface area (Å²) >= 11 is 6.71. The van der Waals surface area contributed by atoms with Crippen LogP contribution < -0.4 is 0 Å². The third-order valence-corrected chi connectivity index (χ3v) is 8.03. The number of carbonyl (C=O) groups is 2. The van der Waals surface area contributed by atoms with Gasteiger partial charge in [0.2, 0.25) is 0 Å². The first-order valence-electron chi connectivity index (χ1n) is 14.2. The maximum atomic E-state index is 13.0. The third kappa shape index (κ3) is 8.31. The lowest BCUT2D eigenvalue weighted by Gasteiger charge is -2.31. The minimum atomic E-state index is -0.394. The van der Waals surface area contributed by atoms with Crippen molar-refractivity contribution in [1.29, 1.82) is 0 Å². The summed E-state index contributed by atoms with van der Waals surface area (Å²) in [5.74, 6) is 0.127. The van der Waals surface area contributed by atoms with Crippen LogP contribution in [0.5, 0.6) is 0 Å². The number of hydrogen-bond acceptors (Lipinski definition) is 5. The Morgan fingerprint density at radius 1 is 1.05 bits per heavy atom. The molecule has 1 amide bonds. The molecule has 40 heavy (non-hydrogen) atoms. The Morgan fingerprint density at radius 3 is 2.55 bits per heavy atom. The van der Waals surface area contributed by atoms with E-state index in [2.05, 4.69) is 35.5 Å². The number of allylic oxidation sites excluding steroid dienone is 3. The molecule has 0 aromatic heterocycles. The van der Waals surface area contributed by atoms with Crippen LogP contribution in [0.25, 0.3) is 0 Å². The van der Waals surface area contributed by atoms with Gasteiger partial charge in [0.05, 0.1) is 17.9 Å². The fourth-order valence-electron chi connectivity index (χ4n) is 5.33. The summed E-state index contributed by atoms with van der Waals surface area (Å²) in [4.78, 5) is 33.4. The van der Waals surface area contributed by atoms with E-state index in [1.807, 2.05) is 49.1 Å². The van der Waals surface area contributed by atoms with Crippen molar-refractivity contribution < 1.29 is 19.2 Å². The smallest absolute Gasteiger partial charge is 0.338 e. The zero-order chi connectivity index (χ0) is 28.3. The van der Waals surface area contributed by atoms with Crippen molar-refractivity contribution in [3.05, 3.63) is 93.5 Å². The molecule has 212 valence electrons. The minimum absolute atomic E-state index is 0.0637. The summed E-state index contributed by atoms with van der Waals surface area (Å²) in [6.07, 6.45) is 13.7. The molecule has 2 aromatic rings. The molecule has 0 unspecified atom stereocenters. The van der Waals surface area contributed by atoms with Gasteiger partial charge >= 0.3 is 5.97 Å². The molecule has 2 aromatic carbocycles. The lowest BCUT2D eigenvalue weighted by molar-refractivity contribution is -0.137. The predicted molar refractivity (Wildman–Crippen MR) is 160 cm³/mol. The van der Waals surface area contributed by atoms with Crippen LogP contribution in [0.4, 0.5) is 0 Å². The average molecular weight is 563 g/mol. The van der Waals surface area contributed by atoms with Gasteiger partial charge in [-0.25, -0.2) is 4.79 Å². The number of piperidine rings is 1. The molecule has 2 aliphatic rings. The molecular formula is C33H39ClN2O4. The van der Waals surface area contributed by atoms with E-state index in [0.29, 0.717) is 40.8 Å². The number of oxime groups is 1. The zero-order valence-electron chi connectivity index (χ0n) is 23.5. The number of ether oxygens (including phenoxy) is 1. The highest BCUT2D eigenvalue weighted by Gasteiger charge is 2.24. The maximum absolute atomic E-state index is 13.0. The Kier molecular flexibility index (Phi) is 11.0. The second-order valence-corrected chi connectivity index (χ2v) is 11.0. The SMILES string of the molecule is Cc1cc(C)c2c(c1Cl)CC(=N\OCC(=O)N1CCC(Cc3ccccc3)CC1)/C=C/CC/C=C/CCOC2=O. The van der Waals surface area contributed by atoms with Crippen molar-refractivity contribution in [2.75, 3.05) is 26.3 Å². The topological polar surface area (TPSA) is 68.2 Å². The number of carbonyl (C=O) groups excluding carboxylic acids is 2. The summed E-state index contributed by atoms with van der Waals surface area (Å²) in [5.41, 5.74) is 4.75. The number of nitrogens with zero attached hydrogens (tertiary/aromatic N) is 2. The Bertz CT molecular complexity index is 1260. The van der Waals surface area contributed by atoms with Gasteiger partial charge in [-0.15, -0.1) is 0 Å². The molecule has 0 radical (unpaired) electrons. The Balaban J connectivity index is 1.42. The zero-order valence-corrected chi connectivity index (χ0v) is 24.3. The van der Waals surface area contributed by atoms with Gasteiger partial charge in [-0.1, -0.05) is 71.4 Å². The van der Waals surface area contributed by atoms with Crippen LogP contribution in [0.1, 0.15) is 64.7 Å². The van der Waals surface area contributed by atoms with Crippen LogP contribution >= 0.6 is 11.6 Å². The number of amides is 1. The fraction of sp³-hybridized carbons (Fsp3) is 0.424. The van der Waals surface area contributed by atoms with Gasteiger partial charge < -0.3 is 14.5 Å². The number of rotatable bonds is 5. The van der Waals surface area contributed by atoms with Gasteiger partial charge in [-0.2, -0.15) is 0 Å². The van der Waals surface area contributed by atoms with Crippen LogP contribution in [0.3, 0.4) is 0 Å². The lowest BCUT2D eigenvalue weighted by atomic mass is 9.90. The van der Waals surface area contributed by atoms with Crippen molar-refractivity contribution in [2.24, 2.45) is 11.1 Å². The van der Waals surface area contributed by atoms with E-state index >= 15 is 0 Å². The van der Waals surface area contributed by atoms with Crippen LogP contribution in [-0.4, -0.2) is 48.8 Å². The third-order valence-electron chi connectivity index (χ3n) is 7.50. The average Bonchev–Trinajstić information content (AvgIpc) is 2.95. The molecule has 2 aliphatic heterocycles. The number of halogens is 1. The van der Waals surface area contributed by atoms with Gasteiger partial charge in [-0.3, -0.25) is 4.79 Å². The highest BCUT2D eigenvalue weighted by atomic mass is 35.5.